The Morgan fingerprint density at radius 1 is 1.03 bits per heavy atom. The van der Waals surface area contributed by atoms with Crippen LogP contribution in [0.3, 0.4) is 0 Å². The summed E-state index contributed by atoms with van der Waals surface area (Å²) >= 11 is 4.85. The van der Waals surface area contributed by atoms with Gasteiger partial charge in [-0.3, -0.25) is 9.59 Å². The molecule has 8 heteroatoms. The lowest BCUT2D eigenvalue weighted by molar-refractivity contribution is -0.116. The number of ether oxygens (including phenoxy) is 2. The molecule has 0 spiro atoms. The molecule has 0 aliphatic heterocycles. The molecular formula is C22H21BrN2O4S. The number of hydrogen-bond acceptors (Lipinski definition) is 6. The number of hydrogen-bond donors (Lipinski definition) is 1. The molecule has 0 unspecified atom stereocenters. The van der Waals surface area contributed by atoms with Crippen LogP contribution in [-0.2, 0) is 11.2 Å². The van der Waals surface area contributed by atoms with Crippen molar-refractivity contribution in [2.75, 3.05) is 19.5 Å². The minimum atomic E-state index is -0.242. The highest BCUT2D eigenvalue weighted by atomic mass is 79.9. The molecule has 0 radical (unpaired) electrons. The zero-order valence-electron chi connectivity index (χ0n) is 16.6. The molecule has 3 aromatic rings. The summed E-state index contributed by atoms with van der Waals surface area (Å²) < 4.78 is 11.4. The predicted octanol–water partition coefficient (Wildman–Crippen LogP) is 5.12. The molecule has 0 atom stereocenters. The van der Waals surface area contributed by atoms with E-state index in [1.807, 2.05) is 24.3 Å². The molecule has 1 aromatic heterocycles. The van der Waals surface area contributed by atoms with Gasteiger partial charge in [0.05, 0.1) is 14.2 Å². The van der Waals surface area contributed by atoms with Crippen molar-refractivity contribution in [2.24, 2.45) is 0 Å². The van der Waals surface area contributed by atoms with Gasteiger partial charge in [0.25, 0.3) is 0 Å². The molecular weight excluding hydrogens is 468 g/mol. The number of Topliss-reactive ketones (excluding diaryl/α,β-unsaturated/α-hetero) is 1. The number of aromatic nitrogens is 1. The van der Waals surface area contributed by atoms with Crippen LogP contribution in [0.1, 0.15) is 33.6 Å². The van der Waals surface area contributed by atoms with Crippen LogP contribution in [0.25, 0.3) is 0 Å². The zero-order chi connectivity index (χ0) is 21.5. The average molecular weight is 489 g/mol. The van der Waals surface area contributed by atoms with Crippen molar-refractivity contribution >= 4 is 44.1 Å². The Morgan fingerprint density at radius 3 is 2.47 bits per heavy atom. The first kappa shape index (κ1) is 22.0. The Hall–Kier alpha value is -2.71. The summed E-state index contributed by atoms with van der Waals surface area (Å²) in [6.07, 6.45) is 2.68. The van der Waals surface area contributed by atoms with Crippen LogP contribution in [0.5, 0.6) is 11.5 Å². The predicted molar refractivity (Wildman–Crippen MR) is 121 cm³/mol. The lowest BCUT2D eigenvalue weighted by atomic mass is 10.1. The van der Waals surface area contributed by atoms with Crippen molar-refractivity contribution in [1.82, 2.24) is 4.98 Å². The Balaban J connectivity index is 1.51. The zero-order valence-corrected chi connectivity index (χ0v) is 19.0. The number of rotatable bonds is 9. The number of nitrogens with zero attached hydrogens (tertiary/aromatic N) is 1. The third-order valence-electron chi connectivity index (χ3n) is 4.38. The van der Waals surface area contributed by atoms with E-state index in [2.05, 4.69) is 26.2 Å². The summed E-state index contributed by atoms with van der Waals surface area (Å²) in [4.78, 5) is 29.9. The monoisotopic (exact) mass is 488 g/mol. The lowest BCUT2D eigenvalue weighted by Crippen LogP contribution is -2.13. The quantitative estimate of drug-likeness (QED) is 0.423. The Morgan fingerprint density at radius 2 is 1.77 bits per heavy atom. The van der Waals surface area contributed by atoms with Gasteiger partial charge in [-0.05, 0) is 35.9 Å². The SMILES string of the molecule is COc1ccc(C(=O)CCC(=O)Nc2ncc(Cc3ccc(Br)cc3)s2)cc1OC. The van der Waals surface area contributed by atoms with E-state index >= 15 is 0 Å². The minimum absolute atomic E-state index is 0.0782. The molecule has 156 valence electrons. The van der Waals surface area contributed by atoms with Gasteiger partial charge in [-0.25, -0.2) is 4.98 Å². The summed E-state index contributed by atoms with van der Waals surface area (Å²) in [5.41, 5.74) is 1.65. The summed E-state index contributed by atoms with van der Waals surface area (Å²) in [6, 6.07) is 13.0. The molecule has 0 bridgehead atoms. The highest BCUT2D eigenvalue weighted by Crippen LogP contribution is 2.28. The number of benzene rings is 2. The average Bonchev–Trinajstić information content (AvgIpc) is 3.19. The van der Waals surface area contributed by atoms with E-state index in [-0.39, 0.29) is 24.5 Å². The summed E-state index contributed by atoms with van der Waals surface area (Å²) in [5.74, 6) is 0.651. The molecule has 0 saturated carbocycles. The fourth-order valence-electron chi connectivity index (χ4n) is 2.81. The Kier molecular flexibility index (Phi) is 7.59. The van der Waals surface area contributed by atoms with E-state index in [9.17, 15) is 9.59 Å². The van der Waals surface area contributed by atoms with Crippen LogP contribution in [-0.4, -0.2) is 30.9 Å². The highest BCUT2D eigenvalue weighted by Gasteiger charge is 2.14. The standard InChI is InChI=1S/C22H21BrN2O4S/c1-28-19-9-5-15(12-20(19)29-2)18(26)8-10-21(27)25-22-24-13-17(30-22)11-14-3-6-16(23)7-4-14/h3-7,9,12-13H,8,10-11H2,1-2H3,(H,24,25,27). The van der Waals surface area contributed by atoms with Crippen LogP contribution < -0.4 is 14.8 Å². The van der Waals surface area contributed by atoms with Crippen molar-refractivity contribution in [2.45, 2.75) is 19.3 Å². The largest absolute Gasteiger partial charge is 0.493 e. The molecule has 1 heterocycles. The highest BCUT2D eigenvalue weighted by molar-refractivity contribution is 9.10. The van der Waals surface area contributed by atoms with Gasteiger partial charge in [0.15, 0.2) is 22.4 Å². The normalized spacial score (nSPS) is 10.5. The lowest BCUT2D eigenvalue weighted by Gasteiger charge is -2.09. The first-order valence-corrected chi connectivity index (χ1v) is 10.8. The number of carbonyl (C=O) groups is 2. The molecule has 1 amide bonds. The Labute approximate surface area is 187 Å². The van der Waals surface area contributed by atoms with Crippen LogP contribution in [0.4, 0.5) is 5.13 Å². The molecule has 2 aromatic carbocycles. The maximum absolute atomic E-state index is 12.4. The number of thiazole rings is 1. The number of anilines is 1. The number of nitrogens with one attached hydrogen (secondary N) is 1. The smallest absolute Gasteiger partial charge is 0.226 e. The molecule has 30 heavy (non-hydrogen) atoms. The number of carbonyl (C=O) groups excluding carboxylic acids is 2. The molecule has 1 N–H and O–H groups in total. The first-order chi connectivity index (χ1) is 14.5. The van der Waals surface area contributed by atoms with E-state index in [4.69, 9.17) is 9.47 Å². The van der Waals surface area contributed by atoms with Gasteiger partial charge in [0.2, 0.25) is 5.91 Å². The maximum Gasteiger partial charge on any atom is 0.226 e. The summed E-state index contributed by atoms with van der Waals surface area (Å²) in [5, 5.41) is 3.30. The van der Waals surface area contributed by atoms with Gasteiger partial charge >= 0.3 is 0 Å². The van der Waals surface area contributed by atoms with Crippen molar-refractivity contribution in [1.29, 1.82) is 0 Å². The second kappa shape index (κ2) is 10.4. The molecule has 0 fully saturated rings. The molecule has 3 rings (SSSR count). The van der Waals surface area contributed by atoms with E-state index in [1.54, 1.807) is 24.4 Å². The third-order valence-corrected chi connectivity index (χ3v) is 5.82. The molecule has 0 aliphatic carbocycles. The first-order valence-electron chi connectivity index (χ1n) is 9.22. The van der Waals surface area contributed by atoms with Gasteiger partial charge in [-0.15, -0.1) is 11.3 Å². The topological polar surface area (TPSA) is 77.5 Å². The molecule has 0 saturated heterocycles. The van der Waals surface area contributed by atoms with Gasteiger partial charge < -0.3 is 14.8 Å². The van der Waals surface area contributed by atoms with Crippen LogP contribution in [0.15, 0.2) is 53.1 Å². The second-order valence-corrected chi connectivity index (χ2v) is 8.51. The summed E-state index contributed by atoms with van der Waals surface area (Å²) in [6.45, 7) is 0. The molecule has 6 nitrogen and oxygen atoms in total. The summed E-state index contributed by atoms with van der Waals surface area (Å²) in [7, 11) is 3.05. The minimum Gasteiger partial charge on any atom is -0.493 e. The fourth-order valence-corrected chi connectivity index (χ4v) is 3.94. The number of amides is 1. The van der Waals surface area contributed by atoms with E-state index < -0.39 is 0 Å². The van der Waals surface area contributed by atoms with Crippen LogP contribution >= 0.6 is 27.3 Å². The number of halogens is 1. The van der Waals surface area contributed by atoms with Crippen molar-refractivity contribution in [3.63, 3.8) is 0 Å². The maximum atomic E-state index is 12.4. The molecule has 0 aliphatic rings. The van der Waals surface area contributed by atoms with E-state index in [0.29, 0.717) is 22.2 Å². The van der Waals surface area contributed by atoms with Gasteiger partial charge in [0.1, 0.15) is 0 Å². The fraction of sp³-hybridized carbons (Fsp3) is 0.227. The van der Waals surface area contributed by atoms with Gasteiger partial charge in [0, 0.05) is 40.4 Å². The van der Waals surface area contributed by atoms with Crippen LogP contribution in [0, 0.1) is 0 Å². The van der Waals surface area contributed by atoms with Gasteiger partial charge in [-0.1, -0.05) is 28.1 Å². The number of methoxy groups -OCH3 is 2. The Bertz CT molecular complexity index is 1030. The number of ketones is 1. The van der Waals surface area contributed by atoms with Crippen molar-refractivity contribution in [3.05, 3.63) is 69.1 Å². The van der Waals surface area contributed by atoms with Crippen LogP contribution in [0.2, 0.25) is 0 Å². The second-order valence-electron chi connectivity index (χ2n) is 6.48. The van der Waals surface area contributed by atoms with E-state index in [1.165, 1.54) is 31.1 Å². The van der Waals surface area contributed by atoms with Crippen molar-refractivity contribution in [3.8, 4) is 11.5 Å². The van der Waals surface area contributed by atoms with Gasteiger partial charge in [-0.2, -0.15) is 0 Å². The third kappa shape index (κ3) is 5.90. The van der Waals surface area contributed by atoms with E-state index in [0.717, 1.165) is 15.8 Å². The van der Waals surface area contributed by atoms with Crippen molar-refractivity contribution < 1.29 is 19.1 Å².